The molecule has 0 amide bonds. The number of nitro groups is 2. The lowest BCUT2D eigenvalue weighted by atomic mass is 9.79. The van der Waals surface area contributed by atoms with E-state index in [1.807, 2.05) is 35.0 Å². The van der Waals surface area contributed by atoms with Crippen LogP contribution in [0.3, 0.4) is 0 Å². The first-order valence-electron chi connectivity index (χ1n) is 12.2. The number of halogens is 1. The third kappa shape index (κ3) is 10.4. The minimum Gasteiger partial charge on any atom is -0.423 e. The van der Waals surface area contributed by atoms with Gasteiger partial charge in [0, 0.05) is 58.1 Å². The summed E-state index contributed by atoms with van der Waals surface area (Å²) in [6.07, 6.45) is 5.18. The molecule has 12 nitrogen and oxygen atoms in total. The van der Waals surface area contributed by atoms with Crippen LogP contribution in [0.5, 0.6) is 0 Å². The largest absolute Gasteiger partial charge is 0.495 e. The van der Waals surface area contributed by atoms with E-state index in [0.29, 0.717) is 10.6 Å². The molecule has 0 radical (unpaired) electrons. The van der Waals surface area contributed by atoms with Crippen molar-refractivity contribution >= 4 is 79.6 Å². The van der Waals surface area contributed by atoms with Gasteiger partial charge in [-0.2, -0.15) is 0 Å². The van der Waals surface area contributed by atoms with Crippen molar-refractivity contribution in [3.8, 4) is 21.1 Å². The molecular weight excluding hydrogens is 691 g/mol. The van der Waals surface area contributed by atoms with Crippen molar-refractivity contribution in [2.24, 2.45) is 0 Å². The Hall–Kier alpha value is -4.39. The molecule has 0 saturated carbocycles. The maximum absolute atomic E-state index is 10.7. The summed E-state index contributed by atoms with van der Waals surface area (Å²) in [5, 5.41) is 45.7. The standard InChI is InChI=1S/C9H6N2O2S.C9H8N2S.C6H6BNO4.C3H2BrNS/c12-11(13)8-4-2-1-3-7(8)9-10-5-6-14-9;10-8-4-2-1-3-7(8)9-11-5-6-12-9;9-7(10)5-3-1-2-4-6(5)8(11)12;4-3-5-1-2-6-3/h1-6H;1-6H,10H2;1-4,9-10H;1-2H. The predicted octanol–water partition coefficient (Wildman–Crippen LogP) is 6.29. The third-order valence-corrected chi connectivity index (χ3v) is 8.14. The Labute approximate surface area is 271 Å². The maximum Gasteiger partial charge on any atom is 0.495 e. The predicted molar refractivity (Wildman–Crippen MR) is 179 cm³/mol. The number of nitrogens with two attached hydrogens (primary N) is 1. The zero-order valence-corrected chi connectivity index (χ0v) is 26.4. The van der Waals surface area contributed by atoms with Gasteiger partial charge in [0.2, 0.25) is 0 Å². The van der Waals surface area contributed by atoms with E-state index in [-0.39, 0.29) is 16.8 Å². The zero-order valence-electron chi connectivity index (χ0n) is 22.4. The number of aromatic nitrogens is 3. The summed E-state index contributed by atoms with van der Waals surface area (Å²) >= 11 is 7.76. The van der Waals surface area contributed by atoms with E-state index in [1.54, 1.807) is 64.8 Å². The van der Waals surface area contributed by atoms with E-state index in [1.165, 1.54) is 41.7 Å². The van der Waals surface area contributed by atoms with Crippen LogP contribution in [0, 0.1) is 20.2 Å². The van der Waals surface area contributed by atoms with Crippen LogP contribution in [-0.4, -0.2) is 42.0 Å². The molecule has 3 aromatic carbocycles. The number of hydrogen-bond acceptors (Lipinski definition) is 13. The van der Waals surface area contributed by atoms with Gasteiger partial charge in [-0.3, -0.25) is 20.2 Å². The average Bonchev–Trinajstić information content (AvgIpc) is 3.83. The fourth-order valence-electron chi connectivity index (χ4n) is 3.30. The molecule has 4 N–H and O–H groups in total. The molecule has 17 heteroatoms. The van der Waals surface area contributed by atoms with Crippen LogP contribution in [0.2, 0.25) is 0 Å². The second-order valence-electron chi connectivity index (χ2n) is 8.01. The van der Waals surface area contributed by atoms with Crippen molar-refractivity contribution in [3.63, 3.8) is 0 Å². The molecule has 44 heavy (non-hydrogen) atoms. The molecule has 3 heterocycles. The molecule has 0 saturated heterocycles. The minimum absolute atomic E-state index is 0.0949. The van der Waals surface area contributed by atoms with Gasteiger partial charge >= 0.3 is 7.12 Å². The molecule has 0 bridgehead atoms. The molecule has 0 spiro atoms. The highest BCUT2D eigenvalue weighted by Gasteiger charge is 2.22. The van der Waals surface area contributed by atoms with E-state index in [0.717, 1.165) is 20.2 Å². The first-order valence-corrected chi connectivity index (χ1v) is 15.6. The Balaban J connectivity index is 0.000000166. The number of thiazole rings is 3. The number of rotatable bonds is 5. The highest BCUT2D eigenvalue weighted by Crippen LogP contribution is 2.30. The number of anilines is 1. The van der Waals surface area contributed by atoms with Crippen molar-refractivity contribution < 1.29 is 19.9 Å². The van der Waals surface area contributed by atoms with Crippen molar-refractivity contribution in [1.29, 1.82) is 0 Å². The van der Waals surface area contributed by atoms with Gasteiger partial charge in [-0.1, -0.05) is 42.5 Å². The summed E-state index contributed by atoms with van der Waals surface area (Å²) in [7, 11) is -1.80. The first kappa shape index (κ1) is 34.1. The van der Waals surface area contributed by atoms with E-state index < -0.39 is 17.0 Å². The normalized spacial score (nSPS) is 9.70. The molecule has 0 fully saturated rings. The molecule has 3 aromatic heterocycles. The second kappa shape index (κ2) is 17.7. The number of nitro benzene ring substituents is 2. The van der Waals surface area contributed by atoms with Gasteiger partial charge < -0.3 is 15.8 Å². The van der Waals surface area contributed by atoms with Crippen LogP contribution in [0.4, 0.5) is 17.1 Å². The van der Waals surface area contributed by atoms with Crippen molar-refractivity contribution in [2.45, 2.75) is 0 Å². The van der Waals surface area contributed by atoms with Gasteiger partial charge in [0.15, 0.2) is 3.92 Å². The van der Waals surface area contributed by atoms with E-state index in [2.05, 4.69) is 30.9 Å². The second-order valence-corrected chi connectivity index (χ2v) is 12.0. The Morgan fingerprint density at radius 2 is 1.16 bits per heavy atom. The number of nitrogen functional groups attached to an aromatic ring is 1. The summed E-state index contributed by atoms with van der Waals surface area (Å²) in [4.78, 5) is 32.0. The van der Waals surface area contributed by atoms with Gasteiger partial charge in [0.05, 0.1) is 20.9 Å². The van der Waals surface area contributed by atoms with Gasteiger partial charge in [0.25, 0.3) is 11.4 Å². The zero-order chi connectivity index (χ0) is 31.9. The van der Waals surface area contributed by atoms with Crippen LogP contribution < -0.4 is 11.2 Å². The molecular formula is C27H22BBrN6O6S3. The smallest absolute Gasteiger partial charge is 0.423 e. The molecule has 0 unspecified atom stereocenters. The fourth-order valence-corrected chi connectivity index (χ4v) is 5.45. The van der Waals surface area contributed by atoms with Crippen molar-refractivity contribution in [2.75, 3.05) is 5.73 Å². The molecule has 0 aliphatic heterocycles. The molecule has 0 aliphatic carbocycles. The number of hydrogen-bond donors (Lipinski definition) is 3. The lowest BCUT2D eigenvalue weighted by molar-refractivity contribution is -0.384. The topological polar surface area (TPSA) is 191 Å². The van der Waals surface area contributed by atoms with Gasteiger partial charge in [-0.05, 0) is 34.1 Å². The lowest BCUT2D eigenvalue weighted by Crippen LogP contribution is -2.31. The van der Waals surface area contributed by atoms with E-state index in [4.69, 9.17) is 15.8 Å². The Bertz CT molecular complexity index is 1740. The number of benzene rings is 3. The highest BCUT2D eigenvalue weighted by molar-refractivity contribution is 9.11. The van der Waals surface area contributed by atoms with E-state index >= 15 is 0 Å². The molecule has 6 rings (SSSR count). The highest BCUT2D eigenvalue weighted by atomic mass is 79.9. The van der Waals surface area contributed by atoms with Gasteiger partial charge in [-0.25, -0.2) is 15.0 Å². The van der Waals surface area contributed by atoms with Crippen molar-refractivity contribution in [3.05, 3.63) is 132 Å². The molecule has 224 valence electrons. The molecule has 0 aliphatic rings. The van der Waals surface area contributed by atoms with Crippen LogP contribution in [0.15, 0.2) is 111 Å². The molecule has 6 aromatic rings. The monoisotopic (exact) mass is 712 g/mol. The minimum atomic E-state index is -1.80. The van der Waals surface area contributed by atoms with Crippen LogP contribution in [0.25, 0.3) is 21.1 Å². The fraction of sp³-hybridized carbons (Fsp3) is 0. The summed E-state index contributed by atoms with van der Waals surface area (Å²) in [5.74, 6) is 0. The maximum atomic E-state index is 10.7. The summed E-state index contributed by atoms with van der Waals surface area (Å²) in [6.45, 7) is 0. The van der Waals surface area contributed by atoms with E-state index in [9.17, 15) is 20.2 Å². The third-order valence-electron chi connectivity index (χ3n) is 5.20. The summed E-state index contributed by atoms with van der Waals surface area (Å²) < 4.78 is 0.947. The number of nitrogens with zero attached hydrogens (tertiary/aromatic N) is 5. The molecule has 0 atom stereocenters. The van der Waals surface area contributed by atoms with Crippen LogP contribution >= 0.6 is 49.9 Å². The lowest BCUT2D eigenvalue weighted by Gasteiger charge is -1.99. The SMILES string of the molecule is Brc1nccs1.Nc1ccccc1-c1nccs1.O=[N+]([O-])c1ccccc1-c1nccs1.O=[N+]([O-])c1ccccc1B(O)O. The summed E-state index contributed by atoms with van der Waals surface area (Å²) in [5.41, 5.74) is 7.88. The van der Waals surface area contributed by atoms with Crippen molar-refractivity contribution in [1.82, 2.24) is 15.0 Å². The van der Waals surface area contributed by atoms with Crippen LogP contribution in [0.1, 0.15) is 0 Å². The Morgan fingerprint density at radius 1 is 0.682 bits per heavy atom. The average molecular weight is 713 g/mol. The van der Waals surface area contributed by atoms with Gasteiger partial charge in [0.1, 0.15) is 10.0 Å². The quantitative estimate of drug-likeness (QED) is 0.0792. The first-order chi connectivity index (χ1) is 21.2. The Kier molecular flexibility index (Phi) is 13.7. The Morgan fingerprint density at radius 3 is 1.59 bits per heavy atom. The van der Waals surface area contributed by atoms with Gasteiger partial charge in [-0.15, -0.1) is 34.0 Å². The van der Waals surface area contributed by atoms with Crippen LogP contribution in [-0.2, 0) is 0 Å². The number of para-hydroxylation sites is 3. The summed E-state index contributed by atoms with van der Waals surface area (Å²) in [6, 6.07) is 19.8.